The summed E-state index contributed by atoms with van der Waals surface area (Å²) in [6.07, 6.45) is 3.34. The normalized spacial score (nSPS) is 15.2. The summed E-state index contributed by atoms with van der Waals surface area (Å²) >= 11 is 0. The molecule has 2 aromatic heterocycles. The van der Waals surface area contributed by atoms with E-state index in [0.717, 1.165) is 5.56 Å². The SMILES string of the molecule is CC(C)C(NC(=O)C(C)C(C)N)c1nc(-c2cccnc2)no1. The third-order valence-electron chi connectivity index (χ3n) is 3.79. The average Bonchev–Trinajstić information content (AvgIpc) is 3.01. The van der Waals surface area contributed by atoms with E-state index < -0.39 is 0 Å². The van der Waals surface area contributed by atoms with Gasteiger partial charge in [-0.05, 0) is 25.0 Å². The Morgan fingerprint density at radius 3 is 2.61 bits per heavy atom. The van der Waals surface area contributed by atoms with E-state index in [4.69, 9.17) is 10.3 Å². The number of pyridine rings is 1. The van der Waals surface area contributed by atoms with Gasteiger partial charge in [-0.25, -0.2) is 0 Å². The Kier molecular flexibility index (Phi) is 5.44. The zero-order chi connectivity index (χ0) is 17.0. The zero-order valence-electron chi connectivity index (χ0n) is 13.9. The van der Waals surface area contributed by atoms with Gasteiger partial charge in [0, 0.05) is 29.9 Å². The van der Waals surface area contributed by atoms with Crippen molar-refractivity contribution in [3.63, 3.8) is 0 Å². The van der Waals surface area contributed by atoms with Crippen molar-refractivity contribution >= 4 is 5.91 Å². The highest BCUT2D eigenvalue weighted by Gasteiger charge is 2.27. The molecule has 23 heavy (non-hydrogen) atoms. The molecule has 0 spiro atoms. The molecule has 0 radical (unpaired) electrons. The van der Waals surface area contributed by atoms with E-state index >= 15 is 0 Å². The third-order valence-corrected chi connectivity index (χ3v) is 3.79. The highest BCUT2D eigenvalue weighted by Crippen LogP contribution is 2.23. The Bertz CT molecular complexity index is 639. The summed E-state index contributed by atoms with van der Waals surface area (Å²) in [5.74, 6) is 0.510. The molecule has 0 aliphatic carbocycles. The molecule has 0 bridgehead atoms. The Morgan fingerprint density at radius 2 is 2.04 bits per heavy atom. The van der Waals surface area contributed by atoms with E-state index in [-0.39, 0.29) is 29.8 Å². The molecule has 124 valence electrons. The molecule has 0 aliphatic rings. The van der Waals surface area contributed by atoms with Crippen LogP contribution in [0.4, 0.5) is 0 Å². The molecule has 1 amide bonds. The van der Waals surface area contributed by atoms with Crippen LogP contribution >= 0.6 is 0 Å². The summed E-state index contributed by atoms with van der Waals surface area (Å²) in [6, 6.07) is 3.07. The molecule has 2 aromatic rings. The van der Waals surface area contributed by atoms with Gasteiger partial charge in [-0.1, -0.05) is 25.9 Å². The van der Waals surface area contributed by atoms with Gasteiger partial charge >= 0.3 is 0 Å². The molecule has 0 aliphatic heterocycles. The summed E-state index contributed by atoms with van der Waals surface area (Å²) in [5, 5.41) is 6.92. The second-order valence-corrected chi connectivity index (χ2v) is 6.08. The third kappa shape index (κ3) is 4.13. The minimum atomic E-state index is -0.360. The standard InChI is InChI=1S/C16H23N5O2/c1-9(2)13(19-15(22)10(3)11(4)17)16-20-14(21-23-16)12-6-5-7-18-8-12/h5-11,13H,17H2,1-4H3,(H,19,22). The van der Waals surface area contributed by atoms with E-state index in [0.29, 0.717) is 11.7 Å². The lowest BCUT2D eigenvalue weighted by Gasteiger charge is -2.22. The van der Waals surface area contributed by atoms with Crippen molar-refractivity contribution in [2.45, 2.75) is 39.8 Å². The summed E-state index contributed by atoms with van der Waals surface area (Å²) < 4.78 is 5.35. The van der Waals surface area contributed by atoms with E-state index in [1.807, 2.05) is 26.8 Å². The van der Waals surface area contributed by atoms with E-state index in [2.05, 4.69) is 20.4 Å². The highest BCUT2D eigenvalue weighted by atomic mass is 16.5. The first-order valence-corrected chi connectivity index (χ1v) is 7.70. The fourth-order valence-corrected chi connectivity index (χ4v) is 2.01. The summed E-state index contributed by atoms with van der Waals surface area (Å²) in [6.45, 7) is 7.57. The molecular weight excluding hydrogens is 294 g/mol. The molecule has 2 heterocycles. The molecular formula is C16H23N5O2. The van der Waals surface area contributed by atoms with Gasteiger partial charge in [0.05, 0.1) is 0 Å². The van der Waals surface area contributed by atoms with E-state index in [9.17, 15) is 4.79 Å². The first kappa shape index (κ1) is 17.1. The van der Waals surface area contributed by atoms with Gasteiger partial charge in [0.15, 0.2) is 0 Å². The topological polar surface area (TPSA) is 107 Å². The predicted molar refractivity (Wildman–Crippen MR) is 86.1 cm³/mol. The van der Waals surface area contributed by atoms with Crippen molar-refractivity contribution in [2.75, 3.05) is 0 Å². The van der Waals surface area contributed by atoms with Crippen molar-refractivity contribution in [2.24, 2.45) is 17.6 Å². The molecule has 3 N–H and O–H groups in total. The fraction of sp³-hybridized carbons (Fsp3) is 0.500. The van der Waals surface area contributed by atoms with Gasteiger partial charge in [-0.3, -0.25) is 9.78 Å². The molecule has 0 fully saturated rings. The van der Waals surface area contributed by atoms with Gasteiger partial charge in [-0.15, -0.1) is 0 Å². The number of aromatic nitrogens is 3. The first-order chi connectivity index (χ1) is 10.9. The van der Waals surface area contributed by atoms with Crippen molar-refractivity contribution < 1.29 is 9.32 Å². The maximum Gasteiger partial charge on any atom is 0.249 e. The lowest BCUT2D eigenvalue weighted by Crippen LogP contribution is -2.41. The van der Waals surface area contributed by atoms with Crippen LogP contribution in [-0.2, 0) is 4.79 Å². The number of carbonyl (C=O) groups is 1. The fourth-order valence-electron chi connectivity index (χ4n) is 2.01. The van der Waals surface area contributed by atoms with Crippen molar-refractivity contribution in [1.29, 1.82) is 0 Å². The smallest absolute Gasteiger partial charge is 0.249 e. The molecule has 7 heteroatoms. The second kappa shape index (κ2) is 7.32. The molecule has 0 saturated heterocycles. The van der Waals surface area contributed by atoms with Crippen molar-refractivity contribution in [1.82, 2.24) is 20.4 Å². The minimum absolute atomic E-state index is 0.0985. The number of nitrogens with zero attached hydrogens (tertiary/aromatic N) is 3. The van der Waals surface area contributed by atoms with Crippen LogP contribution in [0, 0.1) is 11.8 Å². The van der Waals surface area contributed by atoms with Crippen LogP contribution in [-0.4, -0.2) is 27.1 Å². The molecule has 0 saturated carbocycles. The van der Waals surface area contributed by atoms with Crippen molar-refractivity contribution in [3.05, 3.63) is 30.4 Å². The van der Waals surface area contributed by atoms with Crippen LogP contribution in [0.1, 0.15) is 39.6 Å². The first-order valence-electron chi connectivity index (χ1n) is 7.70. The Morgan fingerprint density at radius 1 is 1.30 bits per heavy atom. The monoisotopic (exact) mass is 317 g/mol. The Hall–Kier alpha value is -2.28. The zero-order valence-corrected chi connectivity index (χ0v) is 13.9. The van der Waals surface area contributed by atoms with Crippen LogP contribution in [0.25, 0.3) is 11.4 Å². The Labute approximate surface area is 135 Å². The summed E-state index contributed by atoms with van der Waals surface area (Å²) in [5.41, 5.74) is 6.55. The highest BCUT2D eigenvalue weighted by molar-refractivity contribution is 5.79. The molecule has 3 unspecified atom stereocenters. The quantitative estimate of drug-likeness (QED) is 0.843. The number of nitrogens with two attached hydrogens (primary N) is 1. The van der Waals surface area contributed by atoms with E-state index in [1.165, 1.54) is 0 Å². The van der Waals surface area contributed by atoms with Crippen LogP contribution in [0.15, 0.2) is 29.0 Å². The number of hydrogen-bond donors (Lipinski definition) is 2. The maximum atomic E-state index is 12.3. The van der Waals surface area contributed by atoms with Gasteiger partial charge in [-0.2, -0.15) is 4.98 Å². The second-order valence-electron chi connectivity index (χ2n) is 6.08. The van der Waals surface area contributed by atoms with Gasteiger partial charge in [0.2, 0.25) is 17.6 Å². The summed E-state index contributed by atoms with van der Waals surface area (Å²) in [4.78, 5) is 20.7. The Balaban J connectivity index is 2.19. The average molecular weight is 317 g/mol. The number of rotatable bonds is 6. The number of amides is 1. The van der Waals surface area contributed by atoms with Crippen molar-refractivity contribution in [3.8, 4) is 11.4 Å². The van der Waals surface area contributed by atoms with Crippen LogP contribution in [0.5, 0.6) is 0 Å². The largest absolute Gasteiger partial charge is 0.344 e. The van der Waals surface area contributed by atoms with Gasteiger partial charge < -0.3 is 15.6 Å². The van der Waals surface area contributed by atoms with E-state index in [1.54, 1.807) is 25.4 Å². The van der Waals surface area contributed by atoms with Crippen LogP contribution in [0.2, 0.25) is 0 Å². The molecule has 0 aromatic carbocycles. The number of hydrogen-bond acceptors (Lipinski definition) is 6. The maximum absolute atomic E-state index is 12.3. The van der Waals surface area contributed by atoms with Crippen LogP contribution in [0.3, 0.4) is 0 Å². The number of carbonyl (C=O) groups excluding carboxylic acids is 1. The van der Waals surface area contributed by atoms with Gasteiger partial charge in [0.1, 0.15) is 6.04 Å². The number of nitrogens with one attached hydrogen (secondary N) is 1. The van der Waals surface area contributed by atoms with Gasteiger partial charge in [0.25, 0.3) is 0 Å². The molecule has 7 nitrogen and oxygen atoms in total. The lowest BCUT2D eigenvalue weighted by molar-refractivity contribution is -0.126. The molecule has 2 rings (SSSR count). The lowest BCUT2D eigenvalue weighted by atomic mass is 10.00. The summed E-state index contributed by atoms with van der Waals surface area (Å²) in [7, 11) is 0. The van der Waals surface area contributed by atoms with Crippen LogP contribution < -0.4 is 11.1 Å². The minimum Gasteiger partial charge on any atom is -0.344 e. The predicted octanol–water partition coefficient (Wildman–Crippen LogP) is 1.93. The molecule has 3 atom stereocenters.